The topological polar surface area (TPSA) is 146 Å². The van der Waals surface area contributed by atoms with Crippen LogP contribution in [0.1, 0.15) is 51.8 Å². The van der Waals surface area contributed by atoms with Gasteiger partial charge in [-0.05, 0) is 56.5 Å². The third-order valence-electron chi connectivity index (χ3n) is 7.18. The van der Waals surface area contributed by atoms with Crippen LogP contribution in [0.4, 0.5) is 11.4 Å². The number of anilines is 2. The van der Waals surface area contributed by atoms with Gasteiger partial charge in [0.15, 0.2) is 29.9 Å². The number of azide groups is 1. The van der Waals surface area contributed by atoms with E-state index in [-0.39, 0.29) is 50.2 Å². The first-order valence-corrected chi connectivity index (χ1v) is 16.3. The molecule has 2 N–H and O–H groups in total. The second kappa shape index (κ2) is 33.3. The van der Waals surface area contributed by atoms with Crippen molar-refractivity contribution < 1.29 is 53.4 Å². The van der Waals surface area contributed by atoms with E-state index in [4.69, 9.17) is 44.4 Å². The summed E-state index contributed by atoms with van der Waals surface area (Å²) < 4.78 is 36.8. The molecule has 0 radical (unpaired) electrons. The van der Waals surface area contributed by atoms with Gasteiger partial charge < -0.3 is 50.1 Å². The Bertz CT molecular complexity index is 1060. The van der Waals surface area contributed by atoms with Crippen molar-refractivity contribution >= 4 is 28.7 Å². The molecular weight excluding hydrogens is 638 g/mol. The third-order valence-corrected chi connectivity index (χ3v) is 7.18. The van der Waals surface area contributed by atoms with Gasteiger partial charge in [-0.1, -0.05) is 29.4 Å². The molecule has 49 heavy (non-hydrogen) atoms. The van der Waals surface area contributed by atoms with Gasteiger partial charge in [0.1, 0.15) is 0 Å². The number of benzene rings is 2. The van der Waals surface area contributed by atoms with Gasteiger partial charge in [0.05, 0.1) is 26.4 Å². The minimum Gasteiger partial charge on any atom is -1.00 e. The van der Waals surface area contributed by atoms with E-state index in [1.54, 1.807) is 28.4 Å². The van der Waals surface area contributed by atoms with Crippen LogP contribution in [0.15, 0.2) is 53.6 Å². The molecule has 0 aliphatic carbocycles. The van der Waals surface area contributed by atoms with Gasteiger partial charge >= 0.3 is 18.9 Å². The van der Waals surface area contributed by atoms with Crippen LogP contribution in [0.3, 0.4) is 0 Å². The maximum absolute atomic E-state index is 8.17. The summed E-state index contributed by atoms with van der Waals surface area (Å²) in [6.45, 7) is 13.0. The fourth-order valence-corrected chi connectivity index (χ4v) is 4.66. The second-order valence-corrected chi connectivity index (χ2v) is 10.2. The Morgan fingerprint density at radius 2 is 1.16 bits per heavy atom. The van der Waals surface area contributed by atoms with E-state index in [0.717, 1.165) is 56.2 Å². The minimum absolute atomic E-state index is 0. The zero-order chi connectivity index (χ0) is 34.5. The summed E-state index contributed by atoms with van der Waals surface area (Å²) >= 11 is 0. The van der Waals surface area contributed by atoms with Crippen molar-refractivity contribution in [2.24, 2.45) is 10.8 Å². The molecule has 1 saturated heterocycles. The average molecular weight is 701 g/mol. The Morgan fingerprint density at radius 3 is 1.47 bits per heavy atom. The van der Waals surface area contributed by atoms with Crippen LogP contribution >= 0.6 is 0 Å². The first-order chi connectivity index (χ1) is 23.0. The van der Waals surface area contributed by atoms with Crippen molar-refractivity contribution in [2.75, 3.05) is 117 Å². The first kappa shape index (κ1) is 49.3. The molecule has 1 heterocycles. The number of hydrogen-bond donors (Lipinski definition) is 1. The molecule has 0 atom stereocenters. The monoisotopic (exact) mass is 700 g/mol. The Labute approximate surface area is 318 Å². The van der Waals surface area contributed by atoms with E-state index >= 15 is 0 Å². The van der Waals surface area contributed by atoms with Crippen LogP contribution in [-0.2, 0) is 33.2 Å². The average Bonchev–Trinajstić information content (AvgIpc) is 3.71. The molecular formula is C34H62AlLiN6O7. The number of ether oxygens (including phenoxy) is 7. The van der Waals surface area contributed by atoms with Gasteiger partial charge in [-0.15, -0.1) is 0 Å². The summed E-state index contributed by atoms with van der Waals surface area (Å²) in [6.07, 6.45) is 1.90. The molecule has 0 saturated carbocycles. The molecule has 2 aromatic rings. The Kier molecular flexibility index (Phi) is 33.5. The van der Waals surface area contributed by atoms with E-state index in [2.05, 4.69) is 45.8 Å². The van der Waals surface area contributed by atoms with E-state index in [1.807, 2.05) is 36.4 Å². The van der Waals surface area contributed by atoms with Crippen LogP contribution in [0, 0.1) is 0 Å². The molecule has 0 spiro atoms. The number of likely N-dealkylation sites (N-methyl/N-ethyl adjacent to an activating group) is 2. The van der Waals surface area contributed by atoms with Gasteiger partial charge in [0, 0.05) is 108 Å². The van der Waals surface area contributed by atoms with Gasteiger partial charge in [-0.3, -0.25) is 0 Å². The predicted octanol–water partition coefficient (Wildman–Crippen LogP) is 1.64. The molecule has 0 aromatic heterocycles. The molecule has 2 aromatic carbocycles. The zero-order valence-electron chi connectivity index (χ0n) is 31.3. The maximum Gasteiger partial charge on any atom is 1.00 e. The molecule has 1 aliphatic rings. The van der Waals surface area contributed by atoms with Crippen LogP contribution in [0.2, 0.25) is 0 Å². The van der Waals surface area contributed by atoms with Crippen LogP contribution in [0.25, 0.3) is 10.4 Å². The summed E-state index contributed by atoms with van der Waals surface area (Å²) in [5.74, 6) is 0. The number of nitrogens with two attached hydrogens (primary N) is 1. The molecule has 0 amide bonds. The molecule has 274 valence electrons. The quantitative estimate of drug-likeness (QED) is 0.0510. The predicted molar refractivity (Wildman–Crippen MR) is 198 cm³/mol. The smallest absolute Gasteiger partial charge is 1.00 e. The Morgan fingerprint density at radius 1 is 0.755 bits per heavy atom. The molecule has 0 unspecified atom stereocenters. The standard InChI is InChI=1S/C15H24N4O3.C15H26N2O3.C4H8O.Al.Li.4H/c1-4-19(10-12-22-11-9-17-18-16)14-7-5-13(6-8-14)15(20-2)21-3;1-4-17(10-12-20-11-9-16)14-7-5-13(6-8-14)15(18-2)19-3;1-2-4-5-3-1;;;;;;/h5-8,15H,4,9-12H2,1-3H3;5-8,15H,4,9-12,16H2,1-3H3;1-4H2;;;;;;/q;;;;+1;;;;-1. The molecule has 13 nitrogen and oxygen atoms in total. The number of rotatable bonds is 21. The fourth-order valence-electron chi connectivity index (χ4n) is 4.66. The molecule has 1 aliphatic heterocycles. The van der Waals surface area contributed by atoms with E-state index in [1.165, 1.54) is 18.5 Å². The minimum atomic E-state index is -0.340. The number of hydrogen-bond acceptors (Lipinski definition) is 11. The maximum atomic E-state index is 8.17. The largest absolute Gasteiger partial charge is 1.00 e. The second-order valence-electron chi connectivity index (χ2n) is 10.2. The van der Waals surface area contributed by atoms with Gasteiger partial charge in [0.25, 0.3) is 0 Å². The summed E-state index contributed by atoms with van der Waals surface area (Å²) in [5.41, 5.74) is 17.8. The molecule has 0 bridgehead atoms. The van der Waals surface area contributed by atoms with Crippen LogP contribution < -0.4 is 34.4 Å². The Balaban J connectivity index is -0.000000735. The van der Waals surface area contributed by atoms with E-state index in [9.17, 15) is 0 Å². The first-order valence-electron chi connectivity index (χ1n) is 16.3. The molecule has 3 rings (SSSR count). The summed E-state index contributed by atoms with van der Waals surface area (Å²) in [5, 5.41) is 3.43. The summed E-state index contributed by atoms with van der Waals surface area (Å²) in [4.78, 5) is 7.16. The summed E-state index contributed by atoms with van der Waals surface area (Å²) in [6, 6.07) is 16.3. The van der Waals surface area contributed by atoms with Crippen molar-refractivity contribution in [1.29, 1.82) is 0 Å². The SMILES string of the molecule is C1CCOC1.CCN(CCOCCN)c1ccc(C(OC)OC)cc1.CCN(CCOCCN=[N+]=[N-])c1ccc(C(OC)OC)cc1.[AlH3].[H-].[Li+]. The van der Waals surface area contributed by atoms with Gasteiger partial charge in [-0.25, -0.2) is 0 Å². The van der Waals surface area contributed by atoms with E-state index < -0.39 is 0 Å². The molecule has 15 heteroatoms. The van der Waals surface area contributed by atoms with E-state index in [0.29, 0.717) is 39.5 Å². The van der Waals surface area contributed by atoms with Crippen molar-refractivity contribution in [3.05, 3.63) is 70.1 Å². The third kappa shape index (κ3) is 21.2. The number of methoxy groups -OCH3 is 4. The van der Waals surface area contributed by atoms with Crippen LogP contribution in [-0.4, -0.2) is 125 Å². The number of nitrogens with zero attached hydrogens (tertiary/aromatic N) is 5. The van der Waals surface area contributed by atoms with Crippen molar-refractivity contribution in [3.63, 3.8) is 0 Å². The van der Waals surface area contributed by atoms with Crippen molar-refractivity contribution in [1.82, 2.24) is 0 Å². The van der Waals surface area contributed by atoms with Crippen molar-refractivity contribution in [2.45, 2.75) is 39.3 Å². The normalized spacial score (nSPS) is 11.7. The van der Waals surface area contributed by atoms with Gasteiger partial charge in [0.2, 0.25) is 0 Å². The van der Waals surface area contributed by atoms with Crippen LogP contribution in [0.5, 0.6) is 0 Å². The molecule has 1 fully saturated rings. The fraction of sp³-hybridized carbons (Fsp3) is 0.647. The van der Waals surface area contributed by atoms with Crippen molar-refractivity contribution in [3.8, 4) is 0 Å². The zero-order valence-corrected chi connectivity index (χ0v) is 30.3. The Hall–Kier alpha value is -1.84. The van der Waals surface area contributed by atoms with Gasteiger partial charge in [-0.2, -0.15) is 0 Å². The summed E-state index contributed by atoms with van der Waals surface area (Å²) in [7, 11) is 6.51.